The highest BCUT2D eigenvalue weighted by atomic mass is 16.5. The Labute approximate surface area is 159 Å². The first-order valence-corrected chi connectivity index (χ1v) is 9.04. The van der Waals surface area contributed by atoms with E-state index in [2.05, 4.69) is 20.8 Å². The fourth-order valence-electron chi connectivity index (χ4n) is 3.10. The van der Waals surface area contributed by atoms with Gasteiger partial charge in [-0.3, -0.25) is 9.59 Å². The first-order chi connectivity index (χ1) is 12.8. The Kier molecular flexibility index (Phi) is 5.22. The lowest BCUT2D eigenvalue weighted by atomic mass is 9.87. The zero-order chi connectivity index (χ0) is 19.6. The van der Waals surface area contributed by atoms with Crippen LogP contribution in [0, 0.1) is 5.92 Å². The third-order valence-corrected chi connectivity index (χ3v) is 4.78. The van der Waals surface area contributed by atoms with Gasteiger partial charge >= 0.3 is 5.97 Å². The van der Waals surface area contributed by atoms with E-state index < -0.39 is 5.92 Å². The lowest BCUT2D eigenvalue weighted by molar-refractivity contribution is -0.139. The highest BCUT2D eigenvalue weighted by Crippen LogP contribution is 2.29. The number of nitrogens with zero attached hydrogens (tertiary/aromatic N) is 1. The van der Waals surface area contributed by atoms with Crippen LogP contribution in [-0.2, 0) is 15.0 Å². The molecule has 0 aliphatic carbocycles. The number of ether oxygens (including phenoxy) is 2. The van der Waals surface area contributed by atoms with Gasteiger partial charge in [-0.1, -0.05) is 32.9 Å². The zero-order valence-corrected chi connectivity index (χ0v) is 16.2. The van der Waals surface area contributed by atoms with Gasteiger partial charge in [0.2, 0.25) is 5.91 Å². The number of amides is 1. The Morgan fingerprint density at radius 2 is 1.59 bits per heavy atom. The second-order valence-corrected chi connectivity index (χ2v) is 7.80. The van der Waals surface area contributed by atoms with E-state index in [-0.39, 0.29) is 23.7 Å². The van der Waals surface area contributed by atoms with E-state index in [0.29, 0.717) is 12.3 Å². The Balaban J connectivity index is 1.65. The molecular weight excluding hydrogens is 342 g/mol. The number of benzene rings is 2. The summed E-state index contributed by atoms with van der Waals surface area (Å²) in [6.07, 6.45) is 0.158. The summed E-state index contributed by atoms with van der Waals surface area (Å²) >= 11 is 0. The molecule has 2 aromatic carbocycles. The summed E-state index contributed by atoms with van der Waals surface area (Å²) in [5.41, 5.74) is 1.97. The molecule has 5 nitrogen and oxygen atoms in total. The molecule has 1 atom stereocenters. The van der Waals surface area contributed by atoms with E-state index in [9.17, 15) is 9.59 Å². The van der Waals surface area contributed by atoms with Gasteiger partial charge in [0, 0.05) is 18.7 Å². The van der Waals surface area contributed by atoms with Crippen molar-refractivity contribution in [2.45, 2.75) is 32.6 Å². The number of hydrogen-bond acceptors (Lipinski definition) is 4. The van der Waals surface area contributed by atoms with Crippen molar-refractivity contribution in [1.29, 1.82) is 0 Å². The molecule has 0 bridgehead atoms. The minimum Gasteiger partial charge on any atom is -0.497 e. The molecule has 1 aliphatic rings. The summed E-state index contributed by atoms with van der Waals surface area (Å²) in [5.74, 6) is 0.304. The van der Waals surface area contributed by atoms with E-state index in [1.165, 1.54) is 5.56 Å². The van der Waals surface area contributed by atoms with Crippen LogP contribution in [0.5, 0.6) is 11.5 Å². The summed E-state index contributed by atoms with van der Waals surface area (Å²) in [6.45, 7) is 6.72. The summed E-state index contributed by atoms with van der Waals surface area (Å²) in [6, 6.07) is 14.8. The zero-order valence-electron chi connectivity index (χ0n) is 16.2. The molecule has 0 radical (unpaired) electrons. The van der Waals surface area contributed by atoms with Crippen molar-refractivity contribution < 1.29 is 19.1 Å². The van der Waals surface area contributed by atoms with Gasteiger partial charge in [-0.05, 0) is 47.4 Å². The van der Waals surface area contributed by atoms with Crippen LogP contribution in [0.2, 0.25) is 0 Å². The third-order valence-electron chi connectivity index (χ3n) is 4.78. The van der Waals surface area contributed by atoms with Crippen LogP contribution in [-0.4, -0.2) is 25.5 Å². The van der Waals surface area contributed by atoms with Gasteiger partial charge in [-0.25, -0.2) is 0 Å². The average Bonchev–Trinajstić information content (AvgIpc) is 3.03. The normalized spacial score (nSPS) is 17.1. The minimum absolute atomic E-state index is 0.0409. The van der Waals surface area contributed by atoms with Gasteiger partial charge in [0.1, 0.15) is 11.5 Å². The average molecular weight is 367 g/mol. The molecule has 1 amide bonds. The molecule has 1 aliphatic heterocycles. The number of anilines is 1. The lowest BCUT2D eigenvalue weighted by Crippen LogP contribution is -2.27. The highest BCUT2D eigenvalue weighted by Gasteiger charge is 2.36. The maximum atomic E-state index is 12.5. The van der Waals surface area contributed by atoms with Crippen LogP contribution in [0.25, 0.3) is 0 Å². The molecule has 1 fully saturated rings. The van der Waals surface area contributed by atoms with Crippen molar-refractivity contribution in [2.75, 3.05) is 18.6 Å². The summed E-state index contributed by atoms with van der Waals surface area (Å²) in [4.78, 5) is 26.5. The smallest absolute Gasteiger partial charge is 0.316 e. The monoisotopic (exact) mass is 367 g/mol. The molecule has 1 heterocycles. The van der Waals surface area contributed by atoms with Crippen molar-refractivity contribution >= 4 is 17.6 Å². The Bertz CT molecular complexity index is 819. The number of rotatable bonds is 4. The van der Waals surface area contributed by atoms with Crippen LogP contribution in [0.3, 0.4) is 0 Å². The van der Waals surface area contributed by atoms with E-state index >= 15 is 0 Å². The SMILES string of the molecule is COc1ccc(N2C[C@H](C(=O)Oc3ccc(C(C)(C)C)cc3)CC2=O)cc1. The molecule has 0 saturated carbocycles. The van der Waals surface area contributed by atoms with Crippen molar-refractivity contribution in [2.24, 2.45) is 5.92 Å². The number of methoxy groups -OCH3 is 1. The van der Waals surface area contributed by atoms with Gasteiger partial charge in [-0.2, -0.15) is 0 Å². The van der Waals surface area contributed by atoms with E-state index in [0.717, 1.165) is 11.4 Å². The summed E-state index contributed by atoms with van der Waals surface area (Å²) in [7, 11) is 1.59. The van der Waals surface area contributed by atoms with Crippen molar-refractivity contribution in [1.82, 2.24) is 0 Å². The quantitative estimate of drug-likeness (QED) is 0.606. The van der Waals surface area contributed by atoms with Crippen molar-refractivity contribution in [3.63, 3.8) is 0 Å². The molecule has 0 spiro atoms. The van der Waals surface area contributed by atoms with E-state index in [1.54, 1.807) is 36.3 Å². The van der Waals surface area contributed by atoms with Crippen LogP contribution < -0.4 is 14.4 Å². The molecule has 5 heteroatoms. The first-order valence-electron chi connectivity index (χ1n) is 9.04. The molecule has 0 N–H and O–H groups in total. The summed E-state index contributed by atoms with van der Waals surface area (Å²) < 4.78 is 10.6. The molecule has 3 rings (SSSR count). The van der Waals surface area contributed by atoms with Gasteiger partial charge in [0.25, 0.3) is 0 Å². The molecule has 142 valence electrons. The molecule has 0 aromatic heterocycles. The van der Waals surface area contributed by atoms with Crippen molar-refractivity contribution in [3.8, 4) is 11.5 Å². The number of hydrogen-bond donors (Lipinski definition) is 0. The Morgan fingerprint density at radius 3 is 2.15 bits per heavy atom. The van der Waals surface area contributed by atoms with Crippen LogP contribution in [0.15, 0.2) is 48.5 Å². The first kappa shape index (κ1) is 19.0. The van der Waals surface area contributed by atoms with Crippen LogP contribution >= 0.6 is 0 Å². The summed E-state index contributed by atoms with van der Waals surface area (Å²) in [5, 5.41) is 0. The van der Waals surface area contributed by atoms with E-state index in [1.807, 2.05) is 24.3 Å². The maximum absolute atomic E-state index is 12.5. The number of carbonyl (C=O) groups is 2. The standard InChI is InChI=1S/C22H25NO4/c1-22(2,3)16-5-9-19(10-6-16)27-21(25)15-13-20(24)23(14-15)17-7-11-18(26-4)12-8-17/h5-12,15H,13-14H2,1-4H3/t15-/m1/s1. The van der Waals surface area contributed by atoms with Gasteiger partial charge in [0.05, 0.1) is 13.0 Å². The van der Waals surface area contributed by atoms with Crippen molar-refractivity contribution in [3.05, 3.63) is 54.1 Å². The fraction of sp³-hybridized carbons (Fsp3) is 0.364. The molecule has 2 aromatic rings. The topological polar surface area (TPSA) is 55.8 Å². The predicted molar refractivity (Wildman–Crippen MR) is 104 cm³/mol. The molecule has 27 heavy (non-hydrogen) atoms. The van der Waals surface area contributed by atoms with Crippen LogP contribution in [0.1, 0.15) is 32.8 Å². The van der Waals surface area contributed by atoms with Gasteiger partial charge in [0.15, 0.2) is 0 Å². The van der Waals surface area contributed by atoms with Gasteiger partial charge < -0.3 is 14.4 Å². The number of esters is 1. The molecule has 0 unspecified atom stereocenters. The fourth-order valence-corrected chi connectivity index (χ4v) is 3.10. The maximum Gasteiger partial charge on any atom is 0.316 e. The highest BCUT2D eigenvalue weighted by molar-refractivity contribution is 5.99. The second-order valence-electron chi connectivity index (χ2n) is 7.80. The van der Waals surface area contributed by atoms with Gasteiger partial charge in [-0.15, -0.1) is 0 Å². The Morgan fingerprint density at radius 1 is 1.00 bits per heavy atom. The number of carbonyl (C=O) groups excluding carboxylic acids is 2. The molecule has 1 saturated heterocycles. The Hall–Kier alpha value is -2.82. The van der Waals surface area contributed by atoms with E-state index in [4.69, 9.17) is 9.47 Å². The van der Waals surface area contributed by atoms with Crippen LogP contribution in [0.4, 0.5) is 5.69 Å². The lowest BCUT2D eigenvalue weighted by Gasteiger charge is -2.19. The molecular formula is C22H25NO4. The minimum atomic E-state index is -0.470. The second kappa shape index (κ2) is 7.43. The predicted octanol–water partition coefficient (Wildman–Crippen LogP) is 3.95. The largest absolute Gasteiger partial charge is 0.497 e. The third kappa shape index (κ3) is 4.30.